The van der Waals surface area contributed by atoms with Gasteiger partial charge in [-0.15, -0.1) is 0 Å². The van der Waals surface area contributed by atoms with Crippen molar-refractivity contribution in [1.82, 2.24) is 5.16 Å². The summed E-state index contributed by atoms with van der Waals surface area (Å²) in [6.45, 7) is 1.49. The SMILES string of the molecule is COCc1cc(COCC2(N)CCCCCC2)no1. The zero-order chi connectivity index (χ0) is 13.6. The summed E-state index contributed by atoms with van der Waals surface area (Å²) in [5, 5.41) is 3.94. The highest BCUT2D eigenvalue weighted by Crippen LogP contribution is 2.25. The molecule has 1 fully saturated rings. The quantitative estimate of drug-likeness (QED) is 0.802. The zero-order valence-corrected chi connectivity index (χ0v) is 11.7. The largest absolute Gasteiger partial charge is 0.377 e. The summed E-state index contributed by atoms with van der Waals surface area (Å²) in [6, 6.07) is 1.86. The molecule has 0 aromatic carbocycles. The van der Waals surface area contributed by atoms with Gasteiger partial charge >= 0.3 is 0 Å². The van der Waals surface area contributed by atoms with E-state index in [0.717, 1.165) is 24.3 Å². The fourth-order valence-corrected chi connectivity index (χ4v) is 2.57. The number of nitrogens with two attached hydrogens (primary N) is 1. The molecule has 19 heavy (non-hydrogen) atoms. The van der Waals surface area contributed by atoms with Gasteiger partial charge in [-0.05, 0) is 12.8 Å². The van der Waals surface area contributed by atoms with Gasteiger partial charge in [-0.25, -0.2) is 0 Å². The van der Waals surface area contributed by atoms with Gasteiger partial charge in [0.05, 0.1) is 13.2 Å². The van der Waals surface area contributed by atoms with Crippen LogP contribution in [0.25, 0.3) is 0 Å². The van der Waals surface area contributed by atoms with E-state index in [1.165, 1.54) is 25.7 Å². The van der Waals surface area contributed by atoms with Crippen LogP contribution in [0.4, 0.5) is 0 Å². The first-order chi connectivity index (χ1) is 9.22. The molecule has 0 unspecified atom stereocenters. The minimum Gasteiger partial charge on any atom is -0.377 e. The number of ether oxygens (including phenoxy) is 2. The molecule has 5 heteroatoms. The zero-order valence-electron chi connectivity index (χ0n) is 11.7. The molecule has 1 aromatic heterocycles. The Labute approximate surface area is 114 Å². The molecule has 108 valence electrons. The number of nitrogens with zero attached hydrogens (tertiary/aromatic N) is 1. The molecule has 2 N–H and O–H groups in total. The molecule has 2 rings (SSSR count). The minimum absolute atomic E-state index is 0.157. The summed E-state index contributed by atoms with van der Waals surface area (Å²) in [5.74, 6) is 0.720. The van der Waals surface area contributed by atoms with Crippen molar-refractivity contribution in [3.63, 3.8) is 0 Å². The maximum Gasteiger partial charge on any atom is 0.162 e. The average Bonchev–Trinajstić information content (AvgIpc) is 2.71. The molecule has 1 aromatic rings. The molecule has 0 aliphatic heterocycles. The number of hydrogen-bond acceptors (Lipinski definition) is 5. The van der Waals surface area contributed by atoms with Gasteiger partial charge < -0.3 is 19.7 Å². The van der Waals surface area contributed by atoms with Gasteiger partial charge in [-0.3, -0.25) is 0 Å². The molecule has 0 atom stereocenters. The second-order valence-corrected chi connectivity index (χ2v) is 5.49. The van der Waals surface area contributed by atoms with Crippen molar-refractivity contribution in [3.05, 3.63) is 17.5 Å². The lowest BCUT2D eigenvalue weighted by atomic mass is 9.93. The van der Waals surface area contributed by atoms with Crippen molar-refractivity contribution < 1.29 is 14.0 Å². The van der Waals surface area contributed by atoms with Gasteiger partial charge in [-0.1, -0.05) is 30.8 Å². The van der Waals surface area contributed by atoms with Crippen molar-refractivity contribution >= 4 is 0 Å². The first kappa shape index (κ1) is 14.5. The van der Waals surface area contributed by atoms with Gasteiger partial charge in [-0.2, -0.15) is 0 Å². The van der Waals surface area contributed by atoms with Gasteiger partial charge in [0.15, 0.2) is 5.76 Å². The van der Waals surface area contributed by atoms with E-state index in [9.17, 15) is 0 Å². The Morgan fingerprint density at radius 2 is 2.00 bits per heavy atom. The molecule has 0 saturated heterocycles. The minimum atomic E-state index is -0.157. The van der Waals surface area contributed by atoms with Crippen LogP contribution in [0.5, 0.6) is 0 Å². The first-order valence-corrected chi connectivity index (χ1v) is 7.02. The van der Waals surface area contributed by atoms with Crippen LogP contribution in [0.1, 0.15) is 50.0 Å². The van der Waals surface area contributed by atoms with E-state index in [2.05, 4.69) is 5.16 Å². The molecule has 0 bridgehead atoms. The number of hydrogen-bond donors (Lipinski definition) is 1. The van der Waals surface area contributed by atoms with Gasteiger partial charge in [0, 0.05) is 18.7 Å². The van der Waals surface area contributed by atoms with E-state index in [1.54, 1.807) is 7.11 Å². The highest BCUT2D eigenvalue weighted by atomic mass is 16.5. The number of methoxy groups -OCH3 is 1. The van der Waals surface area contributed by atoms with Crippen molar-refractivity contribution in [2.75, 3.05) is 13.7 Å². The van der Waals surface area contributed by atoms with Crippen LogP contribution in [0, 0.1) is 0 Å². The molecule has 0 spiro atoms. The Kier molecular flexibility index (Phi) is 5.36. The Morgan fingerprint density at radius 3 is 2.68 bits per heavy atom. The molecule has 1 saturated carbocycles. The Morgan fingerprint density at radius 1 is 1.26 bits per heavy atom. The van der Waals surface area contributed by atoms with E-state index in [-0.39, 0.29) is 5.54 Å². The van der Waals surface area contributed by atoms with Crippen molar-refractivity contribution in [1.29, 1.82) is 0 Å². The van der Waals surface area contributed by atoms with E-state index in [1.807, 2.05) is 6.07 Å². The van der Waals surface area contributed by atoms with Crippen LogP contribution in [0.3, 0.4) is 0 Å². The first-order valence-electron chi connectivity index (χ1n) is 7.02. The lowest BCUT2D eigenvalue weighted by Gasteiger charge is -2.27. The van der Waals surface area contributed by atoms with Gasteiger partial charge in [0.1, 0.15) is 12.3 Å². The fraction of sp³-hybridized carbons (Fsp3) is 0.786. The average molecular weight is 268 g/mol. The molecule has 5 nitrogen and oxygen atoms in total. The molecule has 1 aliphatic rings. The van der Waals surface area contributed by atoms with Gasteiger partial charge in [0.2, 0.25) is 0 Å². The normalized spacial score (nSPS) is 19.3. The highest BCUT2D eigenvalue weighted by Gasteiger charge is 2.26. The van der Waals surface area contributed by atoms with Crippen molar-refractivity contribution in [2.24, 2.45) is 5.73 Å². The van der Waals surface area contributed by atoms with E-state index in [4.69, 9.17) is 19.7 Å². The smallest absolute Gasteiger partial charge is 0.162 e. The molecular formula is C14H24N2O3. The molecule has 0 radical (unpaired) electrons. The maximum absolute atomic E-state index is 6.39. The summed E-state index contributed by atoms with van der Waals surface area (Å²) < 4.78 is 15.8. The second kappa shape index (κ2) is 7.03. The van der Waals surface area contributed by atoms with E-state index in [0.29, 0.717) is 19.8 Å². The summed E-state index contributed by atoms with van der Waals surface area (Å²) in [5.41, 5.74) is 7.03. The van der Waals surface area contributed by atoms with Crippen LogP contribution >= 0.6 is 0 Å². The number of aromatic nitrogens is 1. The van der Waals surface area contributed by atoms with Crippen LogP contribution in [0.15, 0.2) is 10.6 Å². The van der Waals surface area contributed by atoms with Crippen LogP contribution < -0.4 is 5.73 Å². The Bertz CT molecular complexity index is 371. The molecule has 1 aliphatic carbocycles. The molecule has 0 amide bonds. The Balaban J connectivity index is 1.75. The van der Waals surface area contributed by atoms with Crippen molar-refractivity contribution in [2.45, 2.75) is 57.3 Å². The lowest BCUT2D eigenvalue weighted by Crippen LogP contribution is -2.43. The standard InChI is InChI=1S/C14H24N2O3/c1-17-10-13-8-12(16-19-13)9-18-11-14(15)6-4-2-3-5-7-14/h8H,2-7,9-11,15H2,1H3. The predicted molar refractivity (Wildman–Crippen MR) is 71.5 cm³/mol. The third-order valence-electron chi connectivity index (χ3n) is 3.63. The van der Waals surface area contributed by atoms with Crippen LogP contribution in [0.2, 0.25) is 0 Å². The van der Waals surface area contributed by atoms with Crippen LogP contribution in [-0.4, -0.2) is 24.4 Å². The summed E-state index contributed by atoms with van der Waals surface area (Å²) in [7, 11) is 1.63. The summed E-state index contributed by atoms with van der Waals surface area (Å²) >= 11 is 0. The monoisotopic (exact) mass is 268 g/mol. The molecular weight excluding hydrogens is 244 g/mol. The Hall–Kier alpha value is -0.910. The number of rotatable bonds is 6. The van der Waals surface area contributed by atoms with Crippen LogP contribution in [-0.2, 0) is 22.7 Å². The third kappa shape index (κ3) is 4.60. The topological polar surface area (TPSA) is 70.5 Å². The maximum atomic E-state index is 6.39. The summed E-state index contributed by atoms with van der Waals surface area (Å²) in [4.78, 5) is 0. The summed E-state index contributed by atoms with van der Waals surface area (Å²) in [6.07, 6.45) is 7.12. The molecule has 1 heterocycles. The van der Waals surface area contributed by atoms with Crippen molar-refractivity contribution in [3.8, 4) is 0 Å². The third-order valence-corrected chi connectivity index (χ3v) is 3.63. The highest BCUT2D eigenvalue weighted by molar-refractivity contribution is 5.03. The predicted octanol–water partition coefficient (Wildman–Crippen LogP) is 2.39. The van der Waals surface area contributed by atoms with E-state index >= 15 is 0 Å². The van der Waals surface area contributed by atoms with E-state index < -0.39 is 0 Å². The fourth-order valence-electron chi connectivity index (χ4n) is 2.57. The van der Waals surface area contributed by atoms with Gasteiger partial charge in [0.25, 0.3) is 0 Å². The lowest BCUT2D eigenvalue weighted by molar-refractivity contribution is 0.0633. The second-order valence-electron chi connectivity index (χ2n) is 5.49.